The Hall–Kier alpha value is -2.54. The van der Waals surface area contributed by atoms with E-state index >= 15 is 0 Å². The van der Waals surface area contributed by atoms with Crippen LogP contribution < -0.4 is 10.2 Å². The van der Waals surface area contributed by atoms with E-state index in [1.807, 2.05) is 79.7 Å². The zero-order valence-corrected chi connectivity index (χ0v) is 23.5. The van der Waals surface area contributed by atoms with Gasteiger partial charge in [0.1, 0.15) is 5.60 Å². The van der Waals surface area contributed by atoms with Gasteiger partial charge in [-0.3, -0.25) is 4.79 Å². The van der Waals surface area contributed by atoms with Crippen LogP contribution in [0.25, 0.3) is 0 Å². The standard InChI is InChI=1S/C23H28BrN3O3.2C2H6/c1-16-15-19(26-11-13-27(14-12-26)22(29)30-23(2,3)4)9-10-20(16)25-21(28)17-5-7-18(24)8-6-17;2*1-2/h5-10,15H,11-14H2,1-4H3,(H,25,28);2*1-2H3. The summed E-state index contributed by atoms with van der Waals surface area (Å²) in [6, 6.07) is 13.3. The van der Waals surface area contributed by atoms with Gasteiger partial charge in [0, 0.05) is 47.6 Å². The van der Waals surface area contributed by atoms with E-state index in [-0.39, 0.29) is 12.0 Å². The van der Waals surface area contributed by atoms with Crippen LogP contribution in [0, 0.1) is 6.92 Å². The molecule has 2 aromatic rings. The van der Waals surface area contributed by atoms with Crippen molar-refractivity contribution in [2.45, 2.75) is 61.0 Å². The Morgan fingerprint density at radius 3 is 1.97 bits per heavy atom. The summed E-state index contributed by atoms with van der Waals surface area (Å²) >= 11 is 3.38. The van der Waals surface area contributed by atoms with Crippen LogP contribution in [-0.4, -0.2) is 48.7 Å². The predicted octanol–water partition coefficient (Wildman–Crippen LogP) is 7.12. The van der Waals surface area contributed by atoms with Gasteiger partial charge in [-0.1, -0.05) is 43.6 Å². The fourth-order valence-electron chi connectivity index (χ4n) is 3.25. The van der Waals surface area contributed by atoms with Crippen molar-refractivity contribution in [1.82, 2.24) is 4.90 Å². The molecule has 1 aliphatic heterocycles. The summed E-state index contributed by atoms with van der Waals surface area (Å²) in [7, 11) is 0. The Balaban J connectivity index is 0.00000137. The number of piperazine rings is 1. The van der Waals surface area contributed by atoms with Gasteiger partial charge >= 0.3 is 6.09 Å². The van der Waals surface area contributed by atoms with Gasteiger partial charge in [-0.05, 0) is 75.7 Å². The van der Waals surface area contributed by atoms with E-state index in [4.69, 9.17) is 4.74 Å². The number of ether oxygens (including phenoxy) is 1. The molecule has 1 fully saturated rings. The second kappa shape index (κ2) is 14.0. The van der Waals surface area contributed by atoms with Gasteiger partial charge in [-0.15, -0.1) is 0 Å². The van der Waals surface area contributed by atoms with E-state index in [1.54, 1.807) is 17.0 Å². The second-order valence-electron chi connectivity index (χ2n) is 8.41. The normalized spacial score (nSPS) is 13.1. The first kappa shape index (κ1) is 29.5. The lowest BCUT2D eigenvalue weighted by atomic mass is 10.1. The quantitative estimate of drug-likeness (QED) is 0.456. The van der Waals surface area contributed by atoms with Crippen molar-refractivity contribution in [3.05, 3.63) is 58.1 Å². The van der Waals surface area contributed by atoms with Gasteiger partial charge in [0.05, 0.1) is 0 Å². The van der Waals surface area contributed by atoms with E-state index in [2.05, 4.69) is 32.2 Å². The predicted molar refractivity (Wildman–Crippen MR) is 146 cm³/mol. The Labute approximate surface area is 213 Å². The molecule has 1 N–H and O–H groups in total. The smallest absolute Gasteiger partial charge is 0.410 e. The van der Waals surface area contributed by atoms with Crippen LogP contribution in [0.4, 0.5) is 16.2 Å². The highest BCUT2D eigenvalue weighted by atomic mass is 79.9. The molecule has 0 atom stereocenters. The highest BCUT2D eigenvalue weighted by Crippen LogP contribution is 2.25. The highest BCUT2D eigenvalue weighted by molar-refractivity contribution is 9.10. The van der Waals surface area contributed by atoms with Crippen molar-refractivity contribution < 1.29 is 14.3 Å². The molecule has 0 aromatic heterocycles. The number of carbonyl (C=O) groups is 2. The molecule has 1 aliphatic rings. The van der Waals surface area contributed by atoms with Gasteiger partial charge in [0.15, 0.2) is 0 Å². The third kappa shape index (κ3) is 9.01. The average Bonchev–Trinajstić information content (AvgIpc) is 2.82. The topological polar surface area (TPSA) is 61.9 Å². The molecule has 0 bridgehead atoms. The minimum Gasteiger partial charge on any atom is -0.444 e. The van der Waals surface area contributed by atoms with Gasteiger partial charge < -0.3 is 19.9 Å². The number of aryl methyl sites for hydroxylation is 1. The number of anilines is 2. The van der Waals surface area contributed by atoms with Crippen LogP contribution >= 0.6 is 15.9 Å². The molecule has 2 amide bonds. The number of hydrogen-bond acceptors (Lipinski definition) is 4. The maximum Gasteiger partial charge on any atom is 0.410 e. The van der Waals surface area contributed by atoms with E-state index in [0.717, 1.165) is 34.5 Å². The van der Waals surface area contributed by atoms with Gasteiger partial charge in [-0.25, -0.2) is 4.79 Å². The molecule has 2 aromatic carbocycles. The van der Waals surface area contributed by atoms with Crippen molar-refractivity contribution in [2.24, 2.45) is 0 Å². The van der Waals surface area contributed by atoms with Gasteiger partial charge in [0.25, 0.3) is 5.91 Å². The zero-order valence-electron chi connectivity index (χ0n) is 21.9. The largest absolute Gasteiger partial charge is 0.444 e. The summed E-state index contributed by atoms with van der Waals surface area (Å²) in [4.78, 5) is 28.7. The molecule has 1 heterocycles. The number of nitrogens with one attached hydrogen (secondary N) is 1. The van der Waals surface area contributed by atoms with Crippen LogP contribution in [0.2, 0.25) is 0 Å². The summed E-state index contributed by atoms with van der Waals surface area (Å²) in [6.45, 7) is 18.3. The molecular formula is C27H40BrN3O3. The van der Waals surface area contributed by atoms with E-state index < -0.39 is 5.60 Å². The van der Waals surface area contributed by atoms with Crippen molar-refractivity contribution in [3.63, 3.8) is 0 Å². The molecule has 6 nitrogen and oxygen atoms in total. The zero-order chi connectivity index (χ0) is 25.9. The number of nitrogens with zero attached hydrogens (tertiary/aromatic N) is 2. The summed E-state index contributed by atoms with van der Waals surface area (Å²) in [5.41, 5.74) is 2.99. The lowest BCUT2D eigenvalue weighted by molar-refractivity contribution is 0.0240. The Bertz CT molecular complexity index is 916. The SMILES string of the molecule is CC.CC.Cc1cc(N2CCN(C(=O)OC(C)(C)C)CC2)ccc1NC(=O)c1ccc(Br)cc1. The minimum atomic E-state index is -0.484. The maximum atomic E-state index is 12.5. The molecule has 0 radical (unpaired) electrons. The molecule has 7 heteroatoms. The number of carbonyl (C=O) groups excluding carboxylic acids is 2. The van der Waals surface area contributed by atoms with Gasteiger partial charge in [-0.2, -0.15) is 0 Å². The molecule has 0 saturated carbocycles. The lowest BCUT2D eigenvalue weighted by Gasteiger charge is -2.37. The first-order chi connectivity index (χ1) is 16.1. The lowest BCUT2D eigenvalue weighted by Crippen LogP contribution is -2.50. The third-order valence-electron chi connectivity index (χ3n) is 4.86. The fraction of sp³-hybridized carbons (Fsp3) is 0.481. The molecule has 3 rings (SSSR count). The first-order valence-corrected chi connectivity index (χ1v) is 12.8. The monoisotopic (exact) mass is 533 g/mol. The third-order valence-corrected chi connectivity index (χ3v) is 5.39. The molecule has 0 aliphatic carbocycles. The molecular weight excluding hydrogens is 494 g/mol. The van der Waals surface area contributed by atoms with Crippen LogP contribution in [0.5, 0.6) is 0 Å². The Morgan fingerprint density at radius 2 is 1.47 bits per heavy atom. The number of rotatable bonds is 3. The van der Waals surface area contributed by atoms with Crippen LogP contribution in [0.3, 0.4) is 0 Å². The molecule has 188 valence electrons. The van der Waals surface area contributed by atoms with E-state index in [1.165, 1.54) is 0 Å². The summed E-state index contributed by atoms with van der Waals surface area (Å²) in [6.07, 6.45) is -0.260. The fourth-order valence-corrected chi connectivity index (χ4v) is 3.52. The molecule has 0 spiro atoms. The van der Waals surface area contributed by atoms with Crippen molar-refractivity contribution in [3.8, 4) is 0 Å². The van der Waals surface area contributed by atoms with Crippen molar-refractivity contribution >= 4 is 39.3 Å². The van der Waals surface area contributed by atoms with Crippen LogP contribution in [-0.2, 0) is 4.74 Å². The van der Waals surface area contributed by atoms with Crippen LogP contribution in [0.15, 0.2) is 46.9 Å². The summed E-state index contributed by atoms with van der Waals surface area (Å²) in [5, 5.41) is 2.98. The van der Waals surface area contributed by atoms with Crippen molar-refractivity contribution in [2.75, 3.05) is 36.4 Å². The van der Waals surface area contributed by atoms with Crippen LogP contribution in [0.1, 0.15) is 64.4 Å². The van der Waals surface area contributed by atoms with Crippen molar-refractivity contribution in [1.29, 1.82) is 0 Å². The Morgan fingerprint density at radius 1 is 0.912 bits per heavy atom. The number of amides is 2. The van der Waals surface area contributed by atoms with E-state index in [0.29, 0.717) is 18.7 Å². The molecule has 0 unspecified atom stereocenters. The Kier molecular flexibility index (Phi) is 12.1. The maximum absolute atomic E-state index is 12.5. The first-order valence-electron chi connectivity index (χ1n) is 12.0. The van der Waals surface area contributed by atoms with Gasteiger partial charge in [0.2, 0.25) is 0 Å². The summed E-state index contributed by atoms with van der Waals surface area (Å²) < 4.78 is 6.40. The second-order valence-corrected chi connectivity index (χ2v) is 9.33. The number of benzene rings is 2. The number of halogens is 1. The summed E-state index contributed by atoms with van der Waals surface area (Å²) in [5.74, 6) is -0.135. The minimum absolute atomic E-state index is 0.135. The molecule has 34 heavy (non-hydrogen) atoms. The molecule has 1 saturated heterocycles. The highest BCUT2D eigenvalue weighted by Gasteiger charge is 2.26. The number of hydrogen-bond donors (Lipinski definition) is 1. The average molecular weight is 535 g/mol. The van der Waals surface area contributed by atoms with E-state index in [9.17, 15) is 9.59 Å².